The molecule has 0 bridgehead atoms. The Morgan fingerprint density at radius 1 is 1.08 bits per heavy atom. The fourth-order valence-electron chi connectivity index (χ4n) is 1.93. The molecule has 0 aliphatic carbocycles. The molecule has 1 rings (SSSR count). The molecule has 142 valence electrons. The molecule has 1 aromatic rings. The molecule has 0 radical (unpaired) electrons. The second-order valence-electron chi connectivity index (χ2n) is 5.41. The Hall–Kier alpha value is -1.64. The molecule has 0 spiro atoms. The summed E-state index contributed by atoms with van der Waals surface area (Å²) in [4.78, 5) is 11.8. The van der Waals surface area contributed by atoms with Gasteiger partial charge in [0.1, 0.15) is 5.75 Å². The number of rotatable bonds is 13. The number of sulfonamides is 1. The molecule has 25 heavy (non-hydrogen) atoms. The molecule has 0 saturated carbocycles. The zero-order valence-corrected chi connectivity index (χ0v) is 15.7. The summed E-state index contributed by atoms with van der Waals surface area (Å²) in [5, 5.41) is 2.73. The third kappa shape index (κ3) is 8.85. The summed E-state index contributed by atoms with van der Waals surface area (Å²) in [5.41, 5.74) is 0. The SMILES string of the molecule is CCCCNS(=O)(=O)c1ccc(OCC(=O)NCCCOCC)cc1. The van der Waals surface area contributed by atoms with Crippen molar-refractivity contribution in [1.82, 2.24) is 10.0 Å². The van der Waals surface area contributed by atoms with Crippen LogP contribution < -0.4 is 14.8 Å². The minimum Gasteiger partial charge on any atom is -0.484 e. The van der Waals surface area contributed by atoms with Crippen LogP contribution in [0.4, 0.5) is 0 Å². The van der Waals surface area contributed by atoms with Gasteiger partial charge in [0.25, 0.3) is 5.91 Å². The van der Waals surface area contributed by atoms with Crippen LogP contribution in [0.5, 0.6) is 5.75 Å². The van der Waals surface area contributed by atoms with E-state index in [4.69, 9.17) is 9.47 Å². The van der Waals surface area contributed by atoms with Crippen molar-refractivity contribution in [3.05, 3.63) is 24.3 Å². The van der Waals surface area contributed by atoms with Crippen LogP contribution in [-0.4, -0.2) is 47.2 Å². The van der Waals surface area contributed by atoms with Crippen LogP contribution in [0, 0.1) is 0 Å². The number of hydrogen-bond donors (Lipinski definition) is 2. The number of carbonyl (C=O) groups is 1. The number of unbranched alkanes of at least 4 members (excludes halogenated alkanes) is 1. The van der Waals surface area contributed by atoms with E-state index in [0.29, 0.717) is 32.1 Å². The van der Waals surface area contributed by atoms with Gasteiger partial charge in [-0.15, -0.1) is 0 Å². The molecule has 0 saturated heterocycles. The maximum absolute atomic E-state index is 12.1. The molecule has 0 aliphatic rings. The van der Waals surface area contributed by atoms with E-state index in [2.05, 4.69) is 10.0 Å². The summed E-state index contributed by atoms with van der Waals surface area (Å²) < 4.78 is 37.2. The van der Waals surface area contributed by atoms with Crippen molar-refractivity contribution >= 4 is 15.9 Å². The Balaban J connectivity index is 2.37. The maximum atomic E-state index is 12.1. The van der Waals surface area contributed by atoms with Crippen molar-refractivity contribution in [2.75, 3.05) is 32.9 Å². The van der Waals surface area contributed by atoms with E-state index in [-0.39, 0.29) is 17.4 Å². The van der Waals surface area contributed by atoms with Crippen molar-refractivity contribution in [2.24, 2.45) is 0 Å². The Labute approximate surface area is 150 Å². The van der Waals surface area contributed by atoms with Crippen LogP contribution in [0.1, 0.15) is 33.1 Å². The molecular weight excluding hydrogens is 344 g/mol. The zero-order chi connectivity index (χ0) is 18.5. The normalized spacial score (nSPS) is 11.3. The van der Waals surface area contributed by atoms with Gasteiger partial charge in [0.2, 0.25) is 10.0 Å². The largest absolute Gasteiger partial charge is 0.484 e. The van der Waals surface area contributed by atoms with Gasteiger partial charge in [0, 0.05) is 26.3 Å². The molecule has 0 aliphatic heterocycles. The average molecular weight is 372 g/mol. The van der Waals surface area contributed by atoms with E-state index < -0.39 is 10.0 Å². The maximum Gasteiger partial charge on any atom is 0.257 e. The monoisotopic (exact) mass is 372 g/mol. The second kappa shape index (κ2) is 11.8. The van der Waals surface area contributed by atoms with Gasteiger partial charge >= 0.3 is 0 Å². The highest BCUT2D eigenvalue weighted by Gasteiger charge is 2.13. The first kappa shape index (κ1) is 21.4. The molecule has 0 fully saturated rings. The minimum atomic E-state index is -3.50. The minimum absolute atomic E-state index is 0.116. The van der Waals surface area contributed by atoms with Gasteiger partial charge in [-0.25, -0.2) is 13.1 Å². The number of amides is 1. The molecular formula is C17H28N2O5S. The molecule has 0 unspecified atom stereocenters. The highest BCUT2D eigenvalue weighted by Crippen LogP contribution is 2.15. The van der Waals surface area contributed by atoms with Crippen LogP contribution in [-0.2, 0) is 19.6 Å². The summed E-state index contributed by atoms with van der Waals surface area (Å²) in [6.45, 7) is 6.02. The summed E-state index contributed by atoms with van der Waals surface area (Å²) in [7, 11) is -3.50. The molecule has 0 atom stereocenters. The fraction of sp³-hybridized carbons (Fsp3) is 0.588. The summed E-state index contributed by atoms with van der Waals surface area (Å²) in [6, 6.07) is 6.00. The Bertz CT molecular complexity index is 602. The van der Waals surface area contributed by atoms with Crippen LogP contribution in [0.3, 0.4) is 0 Å². The zero-order valence-electron chi connectivity index (χ0n) is 14.9. The second-order valence-corrected chi connectivity index (χ2v) is 7.18. The lowest BCUT2D eigenvalue weighted by molar-refractivity contribution is -0.123. The molecule has 0 heterocycles. The number of hydrogen-bond acceptors (Lipinski definition) is 5. The van der Waals surface area contributed by atoms with Crippen molar-refractivity contribution in [3.8, 4) is 5.75 Å². The van der Waals surface area contributed by atoms with E-state index in [1.807, 2.05) is 13.8 Å². The van der Waals surface area contributed by atoms with E-state index >= 15 is 0 Å². The van der Waals surface area contributed by atoms with E-state index in [9.17, 15) is 13.2 Å². The van der Waals surface area contributed by atoms with Crippen LogP contribution >= 0.6 is 0 Å². The van der Waals surface area contributed by atoms with Gasteiger partial charge in [-0.2, -0.15) is 0 Å². The van der Waals surface area contributed by atoms with Crippen LogP contribution in [0.25, 0.3) is 0 Å². The van der Waals surface area contributed by atoms with Crippen molar-refractivity contribution < 1.29 is 22.7 Å². The smallest absolute Gasteiger partial charge is 0.257 e. The highest BCUT2D eigenvalue weighted by molar-refractivity contribution is 7.89. The lowest BCUT2D eigenvalue weighted by Gasteiger charge is -2.09. The molecule has 8 heteroatoms. The van der Waals surface area contributed by atoms with E-state index in [1.54, 1.807) is 0 Å². The van der Waals surface area contributed by atoms with Crippen molar-refractivity contribution in [3.63, 3.8) is 0 Å². The van der Waals surface area contributed by atoms with E-state index in [0.717, 1.165) is 19.3 Å². The van der Waals surface area contributed by atoms with Gasteiger partial charge in [-0.05, 0) is 44.0 Å². The number of ether oxygens (including phenoxy) is 2. The Morgan fingerprint density at radius 3 is 2.44 bits per heavy atom. The van der Waals surface area contributed by atoms with Crippen molar-refractivity contribution in [2.45, 2.75) is 38.0 Å². The number of nitrogens with one attached hydrogen (secondary N) is 2. The molecule has 1 aromatic carbocycles. The summed E-state index contributed by atoms with van der Waals surface area (Å²) in [6.07, 6.45) is 2.46. The highest BCUT2D eigenvalue weighted by atomic mass is 32.2. The van der Waals surface area contributed by atoms with Gasteiger partial charge in [-0.1, -0.05) is 13.3 Å². The molecule has 7 nitrogen and oxygen atoms in total. The first-order valence-corrected chi connectivity index (χ1v) is 10.0. The van der Waals surface area contributed by atoms with Gasteiger partial charge in [-0.3, -0.25) is 4.79 Å². The van der Waals surface area contributed by atoms with Crippen LogP contribution in [0.15, 0.2) is 29.2 Å². The molecule has 0 aromatic heterocycles. The lowest BCUT2D eigenvalue weighted by atomic mass is 10.3. The Morgan fingerprint density at radius 2 is 1.80 bits per heavy atom. The topological polar surface area (TPSA) is 93.7 Å². The van der Waals surface area contributed by atoms with E-state index in [1.165, 1.54) is 24.3 Å². The molecule has 2 N–H and O–H groups in total. The van der Waals surface area contributed by atoms with Gasteiger partial charge in [0.15, 0.2) is 6.61 Å². The Kier molecular flexibility index (Phi) is 10.1. The van der Waals surface area contributed by atoms with Crippen molar-refractivity contribution in [1.29, 1.82) is 0 Å². The van der Waals surface area contributed by atoms with Crippen LogP contribution in [0.2, 0.25) is 0 Å². The first-order chi connectivity index (χ1) is 12.0. The number of benzene rings is 1. The van der Waals surface area contributed by atoms with Gasteiger partial charge in [0.05, 0.1) is 4.90 Å². The summed E-state index contributed by atoms with van der Waals surface area (Å²) >= 11 is 0. The lowest BCUT2D eigenvalue weighted by Crippen LogP contribution is -2.30. The predicted molar refractivity (Wildman–Crippen MR) is 96.2 cm³/mol. The number of carbonyl (C=O) groups excluding carboxylic acids is 1. The molecule has 1 amide bonds. The first-order valence-electron chi connectivity index (χ1n) is 8.56. The average Bonchev–Trinajstić information content (AvgIpc) is 2.60. The van der Waals surface area contributed by atoms with Gasteiger partial charge < -0.3 is 14.8 Å². The predicted octanol–water partition coefficient (Wildman–Crippen LogP) is 1.69. The quantitative estimate of drug-likeness (QED) is 0.514. The third-order valence-electron chi connectivity index (χ3n) is 3.32. The summed E-state index contributed by atoms with van der Waals surface area (Å²) in [5.74, 6) is 0.214. The third-order valence-corrected chi connectivity index (χ3v) is 4.80. The standard InChI is InChI=1S/C17H28N2O5S/c1-3-5-12-19-25(21,22)16-9-7-15(8-10-16)24-14-17(20)18-11-6-13-23-4-2/h7-10,19H,3-6,11-14H2,1-2H3,(H,18,20). The fourth-order valence-corrected chi connectivity index (χ4v) is 3.00.